The van der Waals surface area contributed by atoms with Crippen LogP contribution in [0.1, 0.15) is 24.0 Å². The number of carboxylic acids is 1. The minimum atomic E-state index is -0.830. The standard InChI is InChI=1S/C20H22ClNO5/c1-12-6-17-14(8-16(12)21)13(10-27-17)7-18(23)22-9-15(19(24)25)20(11-22)2-4-26-5-3-20/h6,8,10,15H,2-5,7,9,11H2,1H3,(H,24,25). The number of halogens is 1. The Labute approximate surface area is 162 Å². The number of aliphatic carboxylic acids is 1. The highest BCUT2D eigenvalue weighted by Crippen LogP contribution is 2.44. The first-order valence-electron chi connectivity index (χ1n) is 9.14. The molecule has 0 bridgehead atoms. The first kappa shape index (κ1) is 18.3. The summed E-state index contributed by atoms with van der Waals surface area (Å²) >= 11 is 6.22. The topological polar surface area (TPSA) is 80.0 Å². The molecule has 2 saturated heterocycles. The Bertz CT molecular complexity index is 899. The lowest BCUT2D eigenvalue weighted by Crippen LogP contribution is -2.40. The molecule has 144 valence electrons. The van der Waals surface area contributed by atoms with Gasteiger partial charge in [-0.3, -0.25) is 9.59 Å². The van der Waals surface area contributed by atoms with Crippen LogP contribution in [0.4, 0.5) is 0 Å². The third-order valence-corrected chi connectivity index (χ3v) is 6.47. The fourth-order valence-corrected chi connectivity index (χ4v) is 4.56. The number of amides is 1. The van der Waals surface area contributed by atoms with E-state index >= 15 is 0 Å². The van der Waals surface area contributed by atoms with Gasteiger partial charge in [-0.2, -0.15) is 0 Å². The van der Waals surface area contributed by atoms with Gasteiger partial charge in [-0.15, -0.1) is 0 Å². The summed E-state index contributed by atoms with van der Waals surface area (Å²) in [4.78, 5) is 26.4. The van der Waals surface area contributed by atoms with Gasteiger partial charge in [0, 0.05) is 47.7 Å². The van der Waals surface area contributed by atoms with Crippen LogP contribution in [0.2, 0.25) is 5.02 Å². The van der Waals surface area contributed by atoms with Gasteiger partial charge in [0.25, 0.3) is 0 Å². The lowest BCUT2D eigenvalue weighted by atomic mass is 9.72. The molecule has 1 aromatic heterocycles. The molecule has 2 fully saturated rings. The van der Waals surface area contributed by atoms with Crippen molar-refractivity contribution < 1.29 is 23.8 Å². The zero-order valence-electron chi connectivity index (χ0n) is 15.2. The summed E-state index contributed by atoms with van der Waals surface area (Å²) in [6.07, 6.45) is 3.12. The van der Waals surface area contributed by atoms with Crippen molar-refractivity contribution in [3.05, 3.63) is 34.5 Å². The summed E-state index contributed by atoms with van der Waals surface area (Å²) in [5, 5.41) is 11.1. The highest BCUT2D eigenvalue weighted by molar-refractivity contribution is 6.32. The number of likely N-dealkylation sites (tertiary alicyclic amines) is 1. The lowest BCUT2D eigenvalue weighted by molar-refractivity contribution is -0.146. The molecule has 7 heteroatoms. The Morgan fingerprint density at radius 2 is 2.07 bits per heavy atom. The van der Waals surface area contributed by atoms with Crippen LogP contribution in [0.3, 0.4) is 0 Å². The Hall–Kier alpha value is -2.05. The van der Waals surface area contributed by atoms with Crippen LogP contribution in [0.25, 0.3) is 11.0 Å². The minimum absolute atomic E-state index is 0.0796. The number of fused-ring (bicyclic) bond motifs is 1. The number of carboxylic acid groups (broad SMARTS) is 1. The second-order valence-corrected chi connectivity index (χ2v) is 8.08. The zero-order chi connectivity index (χ0) is 19.2. The lowest BCUT2D eigenvalue weighted by Gasteiger charge is -2.36. The quantitative estimate of drug-likeness (QED) is 0.868. The molecule has 4 rings (SSSR count). The molecular weight excluding hydrogens is 370 g/mol. The van der Waals surface area contributed by atoms with Crippen LogP contribution in [-0.4, -0.2) is 48.2 Å². The van der Waals surface area contributed by atoms with Gasteiger partial charge in [0.05, 0.1) is 18.6 Å². The molecule has 3 heterocycles. The van der Waals surface area contributed by atoms with Crippen molar-refractivity contribution >= 4 is 34.4 Å². The van der Waals surface area contributed by atoms with Gasteiger partial charge in [0.1, 0.15) is 5.58 Å². The zero-order valence-corrected chi connectivity index (χ0v) is 15.9. The SMILES string of the molecule is Cc1cc2occ(CC(=O)N3CC(C(=O)O)C4(CCOCC4)C3)c2cc1Cl. The number of ether oxygens (including phenoxy) is 1. The maximum atomic E-state index is 12.9. The normalized spacial score (nSPS) is 21.9. The van der Waals surface area contributed by atoms with Crippen LogP contribution in [0.15, 0.2) is 22.8 Å². The molecule has 6 nitrogen and oxygen atoms in total. The van der Waals surface area contributed by atoms with Gasteiger partial charge < -0.3 is 19.2 Å². The third kappa shape index (κ3) is 3.21. The van der Waals surface area contributed by atoms with Crippen LogP contribution in [0, 0.1) is 18.3 Å². The van der Waals surface area contributed by atoms with Crippen molar-refractivity contribution in [1.29, 1.82) is 0 Å². The van der Waals surface area contributed by atoms with E-state index < -0.39 is 11.9 Å². The molecule has 1 N–H and O–H groups in total. The summed E-state index contributed by atoms with van der Waals surface area (Å²) in [5.41, 5.74) is 2.02. The largest absolute Gasteiger partial charge is 0.481 e. The van der Waals surface area contributed by atoms with E-state index in [9.17, 15) is 14.7 Å². The van der Waals surface area contributed by atoms with Crippen molar-refractivity contribution in [2.75, 3.05) is 26.3 Å². The van der Waals surface area contributed by atoms with E-state index in [1.54, 1.807) is 11.2 Å². The maximum Gasteiger partial charge on any atom is 0.308 e. The molecule has 2 aromatic rings. The first-order valence-corrected chi connectivity index (χ1v) is 9.52. The molecule has 27 heavy (non-hydrogen) atoms. The van der Waals surface area contributed by atoms with Gasteiger partial charge >= 0.3 is 5.97 Å². The number of nitrogens with zero attached hydrogens (tertiary/aromatic N) is 1. The van der Waals surface area contributed by atoms with E-state index in [-0.39, 0.29) is 24.3 Å². The van der Waals surface area contributed by atoms with Crippen LogP contribution in [0.5, 0.6) is 0 Å². The van der Waals surface area contributed by atoms with Gasteiger partial charge in [0.2, 0.25) is 5.91 Å². The fraction of sp³-hybridized carbons (Fsp3) is 0.500. The summed E-state index contributed by atoms with van der Waals surface area (Å²) in [6.45, 7) is 3.73. The number of rotatable bonds is 3. The third-order valence-electron chi connectivity index (χ3n) is 6.06. The molecule has 2 aliphatic rings. The van der Waals surface area contributed by atoms with Crippen molar-refractivity contribution in [2.45, 2.75) is 26.2 Å². The molecule has 2 aliphatic heterocycles. The number of carbonyl (C=O) groups excluding carboxylic acids is 1. The van der Waals surface area contributed by atoms with E-state index in [1.807, 2.05) is 19.1 Å². The number of carbonyl (C=O) groups is 2. The molecule has 1 atom stereocenters. The molecule has 1 unspecified atom stereocenters. The molecule has 0 radical (unpaired) electrons. The molecule has 0 saturated carbocycles. The van der Waals surface area contributed by atoms with Crippen LogP contribution >= 0.6 is 11.6 Å². The molecular formula is C20H22ClNO5. The maximum absolute atomic E-state index is 12.9. The molecule has 0 aliphatic carbocycles. The second-order valence-electron chi connectivity index (χ2n) is 7.68. The number of hydrogen-bond donors (Lipinski definition) is 1. The Morgan fingerprint density at radius 1 is 1.33 bits per heavy atom. The van der Waals surface area contributed by atoms with Crippen LogP contribution < -0.4 is 0 Å². The van der Waals surface area contributed by atoms with Gasteiger partial charge in [-0.25, -0.2) is 0 Å². The Morgan fingerprint density at radius 3 is 2.78 bits per heavy atom. The van der Waals surface area contributed by atoms with Crippen molar-refractivity contribution in [3.8, 4) is 0 Å². The highest BCUT2D eigenvalue weighted by Gasteiger charge is 2.51. The van der Waals surface area contributed by atoms with E-state index in [1.165, 1.54) is 0 Å². The summed E-state index contributed by atoms with van der Waals surface area (Å²) in [6, 6.07) is 3.68. The number of hydrogen-bond acceptors (Lipinski definition) is 4. The predicted molar refractivity (Wildman–Crippen MR) is 99.9 cm³/mol. The van der Waals surface area contributed by atoms with Gasteiger partial charge in [-0.1, -0.05) is 11.6 Å². The van der Waals surface area contributed by atoms with E-state index in [4.69, 9.17) is 20.8 Å². The number of benzene rings is 1. The average Bonchev–Trinajstić information content (AvgIpc) is 3.18. The van der Waals surface area contributed by atoms with Crippen molar-refractivity contribution in [1.82, 2.24) is 4.90 Å². The van der Waals surface area contributed by atoms with E-state index in [2.05, 4.69) is 0 Å². The van der Waals surface area contributed by atoms with E-state index in [0.717, 1.165) is 16.5 Å². The monoisotopic (exact) mass is 391 g/mol. The Kier molecular flexibility index (Phi) is 4.64. The average molecular weight is 392 g/mol. The molecule has 1 amide bonds. The molecule has 1 aromatic carbocycles. The summed E-state index contributed by atoms with van der Waals surface area (Å²) in [5.74, 6) is -1.45. The summed E-state index contributed by atoms with van der Waals surface area (Å²) < 4.78 is 11.0. The Balaban J connectivity index is 1.55. The van der Waals surface area contributed by atoms with E-state index in [0.29, 0.717) is 43.2 Å². The van der Waals surface area contributed by atoms with Gasteiger partial charge in [0.15, 0.2) is 0 Å². The van der Waals surface area contributed by atoms with Gasteiger partial charge in [-0.05, 0) is 37.5 Å². The number of furan rings is 1. The van der Waals surface area contributed by atoms with Crippen molar-refractivity contribution in [2.24, 2.45) is 11.3 Å². The van der Waals surface area contributed by atoms with Crippen molar-refractivity contribution in [3.63, 3.8) is 0 Å². The highest BCUT2D eigenvalue weighted by atomic mass is 35.5. The fourth-order valence-electron chi connectivity index (χ4n) is 4.40. The summed E-state index contributed by atoms with van der Waals surface area (Å²) in [7, 11) is 0. The number of aryl methyl sites for hydroxylation is 1. The predicted octanol–water partition coefficient (Wildman–Crippen LogP) is 3.28. The first-order chi connectivity index (χ1) is 12.9. The molecule has 1 spiro atoms. The smallest absolute Gasteiger partial charge is 0.308 e. The second kappa shape index (κ2) is 6.84. The van der Waals surface area contributed by atoms with Crippen LogP contribution in [-0.2, 0) is 20.7 Å². The minimum Gasteiger partial charge on any atom is -0.481 e.